The minimum absolute atomic E-state index is 0.128. The molecular formula is C18H17N5O2S. The summed E-state index contributed by atoms with van der Waals surface area (Å²) in [4.78, 5) is 28.6. The van der Waals surface area contributed by atoms with Crippen molar-refractivity contribution in [3.63, 3.8) is 0 Å². The van der Waals surface area contributed by atoms with Crippen LogP contribution in [0.3, 0.4) is 0 Å². The summed E-state index contributed by atoms with van der Waals surface area (Å²) in [5.74, 6) is 0.678. The Morgan fingerprint density at radius 3 is 2.77 bits per heavy atom. The Bertz CT molecular complexity index is 930. The number of H-pyrrole nitrogens is 1. The van der Waals surface area contributed by atoms with Gasteiger partial charge in [-0.25, -0.2) is 4.98 Å². The molecule has 0 atom stereocenters. The highest BCUT2D eigenvalue weighted by molar-refractivity contribution is 7.14. The molecule has 0 aliphatic heterocycles. The van der Waals surface area contributed by atoms with Crippen molar-refractivity contribution in [2.24, 2.45) is 0 Å². The first kappa shape index (κ1) is 16.5. The van der Waals surface area contributed by atoms with Gasteiger partial charge in [0, 0.05) is 28.6 Å². The van der Waals surface area contributed by atoms with Crippen molar-refractivity contribution >= 4 is 34.1 Å². The second-order valence-corrected chi connectivity index (χ2v) is 7.03. The monoisotopic (exact) mass is 367 g/mol. The van der Waals surface area contributed by atoms with Gasteiger partial charge in [0.05, 0.1) is 12.1 Å². The molecule has 1 saturated carbocycles. The molecule has 4 rings (SSSR count). The summed E-state index contributed by atoms with van der Waals surface area (Å²) in [6.45, 7) is 0. The van der Waals surface area contributed by atoms with E-state index in [0.29, 0.717) is 28.1 Å². The molecule has 1 fully saturated rings. The molecule has 1 aliphatic carbocycles. The zero-order valence-corrected chi connectivity index (χ0v) is 14.7. The number of nitrogens with one attached hydrogen (secondary N) is 3. The van der Waals surface area contributed by atoms with Gasteiger partial charge in [0.25, 0.3) is 5.91 Å². The molecule has 0 unspecified atom stereocenters. The summed E-state index contributed by atoms with van der Waals surface area (Å²) in [7, 11) is 0. The number of carbonyl (C=O) groups excluding carboxylic acids is 2. The van der Waals surface area contributed by atoms with Crippen molar-refractivity contribution in [1.82, 2.24) is 15.2 Å². The number of nitrogens with zero attached hydrogens (tertiary/aromatic N) is 2. The quantitative estimate of drug-likeness (QED) is 0.623. The van der Waals surface area contributed by atoms with Crippen LogP contribution in [-0.4, -0.2) is 27.0 Å². The normalized spacial score (nSPS) is 13.4. The van der Waals surface area contributed by atoms with Crippen molar-refractivity contribution in [2.75, 3.05) is 10.6 Å². The molecular weight excluding hydrogens is 350 g/mol. The fraction of sp³-hybridized carbons (Fsp3) is 0.222. The summed E-state index contributed by atoms with van der Waals surface area (Å²) >= 11 is 1.29. The molecule has 2 aromatic heterocycles. The van der Waals surface area contributed by atoms with E-state index in [9.17, 15) is 9.59 Å². The molecule has 0 radical (unpaired) electrons. The topological polar surface area (TPSA) is 99.8 Å². The number of hydrogen-bond donors (Lipinski definition) is 3. The minimum atomic E-state index is -0.222. The van der Waals surface area contributed by atoms with Gasteiger partial charge in [0.15, 0.2) is 10.9 Å². The number of amides is 2. The highest BCUT2D eigenvalue weighted by Gasteiger charge is 2.25. The highest BCUT2D eigenvalue weighted by Crippen LogP contribution is 2.39. The van der Waals surface area contributed by atoms with Gasteiger partial charge >= 0.3 is 0 Å². The van der Waals surface area contributed by atoms with E-state index in [2.05, 4.69) is 25.8 Å². The average molecular weight is 367 g/mol. The third kappa shape index (κ3) is 3.97. The third-order valence-electron chi connectivity index (χ3n) is 4.03. The summed E-state index contributed by atoms with van der Waals surface area (Å²) in [5, 5.41) is 14.8. The Balaban J connectivity index is 1.32. The Hall–Kier alpha value is -3.00. The van der Waals surface area contributed by atoms with Gasteiger partial charge < -0.3 is 5.32 Å². The maximum Gasteiger partial charge on any atom is 0.257 e. The van der Waals surface area contributed by atoms with Crippen LogP contribution in [0.15, 0.2) is 41.8 Å². The van der Waals surface area contributed by atoms with E-state index >= 15 is 0 Å². The van der Waals surface area contributed by atoms with Crippen LogP contribution in [0.4, 0.5) is 10.9 Å². The summed E-state index contributed by atoms with van der Waals surface area (Å²) in [6, 6.07) is 10.8. The van der Waals surface area contributed by atoms with Crippen molar-refractivity contribution in [3.8, 4) is 0 Å². The minimum Gasteiger partial charge on any atom is -0.309 e. The van der Waals surface area contributed by atoms with Crippen LogP contribution in [0.5, 0.6) is 0 Å². The van der Waals surface area contributed by atoms with Gasteiger partial charge in [-0.2, -0.15) is 5.10 Å². The van der Waals surface area contributed by atoms with Gasteiger partial charge in [-0.05, 0) is 25.0 Å². The zero-order chi connectivity index (χ0) is 17.9. The lowest BCUT2D eigenvalue weighted by Crippen LogP contribution is -2.15. The Kier molecular flexibility index (Phi) is 4.49. The van der Waals surface area contributed by atoms with E-state index in [1.807, 2.05) is 12.1 Å². The second kappa shape index (κ2) is 7.09. The highest BCUT2D eigenvalue weighted by atomic mass is 32.1. The number of anilines is 2. The lowest BCUT2D eigenvalue weighted by Gasteiger charge is -2.01. The number of aromatic amines is 1. The first-order valence-electron chi connectivity index (χ1n) is 8.33. The summed E-state index contributed by atoms with van der Waals surface area (Å²) in [6.07, 6.45) is 2.47. The molecule has 3 aromatic rings. The Morgan fingerprint density at radius 2 is 2.00 bits per heavy atom. The molecule has 2 amide bonds. The van der Waals surface area contributed by atoms with Crippen molar-refractivity contribution in [2.45, 2.75) is 25.2 Å². The predicted octanol–water partition coefficient (Wildman–Crippen LogP) is 3.18. The van der Waals surface area contributed by atoms with Crippen LogP contribution in [0.25, 0.3) is 0 Å². The van der Waals surface area contributed by atoms with Crippen LogP contribution in [0.1, 0.15) is 40.5 Å². The number of benzene rings is 1. The van der Waals surface area contributed by atoms with Gasteiger partial charge in [0.2, 0.25) is 5.91 Å². The first-order valence-corrected chi connectivity index (χ1v) is 9.21. The van der Waals surface area contributed by atoms with E-state index < -0.39 is 0 Å². The SMILES string of the molecule is O=C(Cc1csc(NC(=O)c2ccccc2)n1)Nc1cc(C2CC2)[nH]n1. The van der Waals surface area contributed by atoms with E-state index in [4.69, 9.17) is 0 Å². The lowest BCUT2D eigenvalue weighted by atomic mass is 10.2. The van der Waals surface area contributed by atoms with Crippen molar-refractivity contribution < 1.29 is 9.59 Å². The molecule has 8 heteroatoms. The van der Waals surface area contributed by atoms with E-state index in [0.717, 1.165) is 5.69 Å². The third-order valence-corrected chi connectivity index (χ3v) is 4.84. The first-order chi connectivity index (χ1) is 12.7. The number of aromatic nitrogens is 3. The largest absolute Gasteiger partial charge is 0.309 e. The van der Waals surface area contributed by atoms with Crippen molar-refractivity contribution in [3.05, 3.63) is 58.7 Å². The standard InChI is InChI=1S/C18H17N5O2S/c24-16(20-15-9-14(22-23-15)11-6-7-11)8-13-10-26-18(19-13)21-17(25)12-4-2-1-3-5-12/h1-5,9-11H,6-8H2,(H,19,21,25)(H2,20,22,23,24). The number of carbonyl (C=O) groups is 2. The van der Waals surface area contributed by atoms with Crippen LogP contribution < -0.4 is 10.6 Å². The maximum atomic E-state index is 12.1. The Morgan fingerprint density at radius 1 is 1.19 bits per heavy atom. The number of rotatable bonds is 6. The summed E-state index contributed by atoms with van der Waals surface area (Å²) in [5.41, 5.74) is 2.24. The fourth-order valence-corrected chi connectivity index (χ4v) is 3.27. The van der Waals surface area contributed by atoms with Gasteiger partial charge in [0.1, 0.15) is 0 Å². The second-order valence-electron chi connectivity index (χ2n) is 6.17. The molecule has 1 aliphatic rings. The van der Waals surface area contributed by atoms with Crippen molar-refractivity contribution in [1.29, 1.82) is 0 Å². The molecule has 0 bridgehead atoms. The molecule has 132 valence electrons. The van der Waals surface area contributed by atoms with Crippen LogP contribution >= 0.6 is 11.3 Å². The number of thiazole rings is 1. The summed E-state index contributed by atoms with van der Waals surface area (Å²) < 4.78 is 0. The van der Waals surface area contributed by atoms with Crippen LogP contribution in [0, 0.1) is 0 Å². The van der Waals surface area contributed by atoms with Gasteiger partial charge in [-0.1, -0.05) is 18.2 Å². The molecule has 1 aromatic carbocycles. The predicted molar refractivity (Wildman–Crippen MR) is 99.4 cm³/mol. The molecule has 3 N–H and O–H groups in total. The zero-order valence-electron chi connectivity index (χ0n) is 13.9. The molecule has 7 nitrogen and oxygen atoms in total. The fourth-order valence-electron chi connectivity index (χ4n) is 2.56. The van der Waals surface area contributed by atoms with Gasteiger partial charge in [-0.15, -0.1) is 11.3 Å². The lowest BCUT2D eigenvalue weighted by molar-refractivity contribution is -0.115. The molecule has 0 spiro atoms. The van der Waals surface area contributed by atoms with Gasteiger partial charge in [-0.3, -0.25) is 20.0 Å². The maximum absolute atomic E-state index is 12.1. The molecule has 2 heterocycles. The van der Waals surface area contributed by atoms with E-state index in [1.54, 1.807) is 29.6 Å². The molecule has 26 heavy (non-hydrogen) atoms. The van der Waals surface area contributed by atoms with Crippen LogP contribution in [-0.2, 0) is 11.2 Å². The number of hydrogen-bond acceptors (Lipinski definition) is 5. The van der Waals surface area contributed by atoms with Crippen LogP contribution in [0.2, 0.25) is 0 Å². The Labute approximate surface area is 153 Å². The smallest absolute Gasteiger partial charge is 0.257 e. The van der Waals surface area contributed by atoms with E-state index in [1.165, 1.54) is 24.2 Å². The molecule has 0 saturated heterocycles. The average Bonchev–Trinajstić information content (AvgIpc) is 3.24. The van der Waals surface area contributed by atoms with E-state index in [-0.39, 0.29) is 18.2 Å².